The number of amides is 1. The van der Waals surface area contributed by atoms with Crippen LogP contribution in [0.4, 0.5) is 0 Å². The van der Waals surface area contributed by atoms with Gasteiger partial charge in [0.2, 0.25) is 0 Å². The van der Waals surface area contributed by atoms with Crippen LogP contribution in [0.5, 0.6) is 0 Å². The minimum absolute atomic E-state index is 0.0160. The lowest BCUT2D eigenvalue weighted by atomic mass is 10.1. The van der Waals surface area contributed by atoms with Crippen LogP contribution in [0, 0.1) is 0 Å². The second kappa shape index (κ2) is 4.09. The first-order chi connectivity index (χ1) is 7.61. The van der Waals surface area contributed by atoms with Crippen molar-refractivity contribution in [3.63, 3.8) is 0 Å². The van der Waals surface area contributed by atoms with Crippen LogP contribution in [0.25, 0.3) is 10.8 Å². The summed E-state index contributed by atoms with van der Waals surface area (Å²) in [7, 11) is 1.48. The first-order valence-corrected chi connectivity index (χ1v) is 5.36. The summed E-state index contributed by atoms with van der Waals surface area (Å²) < 4.78 is 5.70. The molecule has 1 aromatic heterocycles. The standard InChI is InChI=1S/C11H8BrNO3/c1-13-10(14)9-4-6-2-3-7(12)5-8(6)11(15)16-9/h2-5H,1H3,(H,13,14). The van der Waals surface area contributed by atoms with Gasteiger partial charge in [0, 0.05) is 11.5 Å². The van der Waals surface area contributed by atoms with Crippen molar-refractivity contribution in [3.8, 4) is 0 Å². The lowest BCUT2D eigenvalue weighted by molar-refractivity contribution is 0.0932. The van der Waals surface area contributed by atoms with Gasteiger partial charge in [0.05, 0.1) is 5.39 Å². The Kier molecular flexibility index (Phi) is 2.78. The molecule has 0 aliphatic carbocycles. The molecular formula is C11H8BrNO3. The van der Waals surface area contributed by atoms with E-state index in [9.17, 15) is 9.59 Å². The fourth-order valence-corrected chi connectivity index (χ4v) is 1.75. The van der Waals surface area contributed by atoms with Gasteiger partial charge in [-0.3, -0.25) is 4.79 Å². The van der Waals surface area contributed by atoms with Crippen molar-refractivity contribution in [2.24, 2.45) is 0 Å². The lowest BCUT2D eigenvalue weighted by Gasteiger charge is -2.01. The summed E-state index contributed by atoms with van der Waals surface area (Å²) in [6.45, 7) is 0. The largest absolute Gasteiger partial charge is 0.417 e. The molecule has 16 heavy (non-hydrogen) atoms. The number of benzene rings is 1. The summed E-state index contributed by atoms with van der Waals surface area (Å²) in [6.07, 6.45) is 0. The third kappa shape index (κ3) is 1.86. The molecule has 0 aliphatic rings. The Bertz CT molecular complexity index is 618. The number of nitrogens with one attached hydrogen (secondary N) is 1. The van der Waals surface area contributed by atoms with Crippen LogP contribution >= 0.6 is 15.9 Å². The highest BCUT2D eigenvalue weighted by molar-refractivity contribution is 9.10. The van der Waals surface area contributed by atoms with E-state index in [-0.39, 0.29) is 5.76 Å². The molecule has 2 aromatic rings. The van der Waals surface area contributed by atoms with Gasteiger partial charge in [-0.15, -0.1) is 0 Å². The Labute approximate surface area is 99.4 Å². The Morgan fingerprint density at radius 3 is 2.81 bits per heavy atom. The molecule has 1 aromatic carbocycles. The van der Waals surface area contributed by atoms with Crippen molar-refractivity contribution in [1.82, 2.24) is 5.32 Å². The van der Waals surface area contributed by atoms with Gasteiger partial charge in [-0.05, 0) is 23.6 Å². The second-order valence-corrected chi connectivity index (χ2v) is 4.12. The molecule has 0 fully saturated rings. The van der Waals surface area contributed by atoms with Gasteiger partial charge in [-0.2, -0.15) is 0 Å². The number of carbonyl (C=O) groups is 1. The summed E-state index contributed by atoms with van der Waals surface area (Å²) in [5.74, 6) is -0.399. The molecule has 5 heteroatoms. The average molecular weight is 282 g/mol. The van der Waals surface area contributed by atoms with Gasteiger partial charge in [-0.25, -0.2) is 4.79 Å². The van der Waals surface area contributed by atoms with Crippen LogP contribution in [0.15, 0.2) is 37.9 Å². The first kappa shape index (κ1) is 10.9. The Morgan fingerprint density at radius 2 is 2.12 bits per heavy atom. The predicted molar refractivity (Wildman–Crippen MR) is 63.6 cm³/mol. The smallest absolute Gasteiger partial charge is 0.344 e. The van der Waals surface area contributed by atoms with Crippen LogP contribution in [-0.2, 0) is 0 Å². The van der Waals surface area contributed by atoms with E-state index >= 15 is 0 Å². The predicted octanol–water partition coefficient (Wildman–Crippen LogP) is 1.92. The summed E-state index contributed by atoms with van der Waals surface area (Å²) in [5.41, 5.74) is -0.516. The molecule has 82 valence electrons. The SMILES string of the molecule is CNC(=O)c1cc2ccc(Br)cc2c(=O)o1. The van der Waals surface area contributed by atoms with Gasteiger partial charge in [0.1, 0.15) is 0 Å². The normalized spacial score (nSPS) is 10.4. The molecule has 0 radical (unpaired) electrons. The zero-order chi connectivity index (χ0) is 11.7. The van der Waals surface area contributed by atoms with E-state index in [0.717, 1.165) is 4.47 Å². The van der Waals surface area contributed by atoms with Crippen LogP contribution in [0.3, 0.4) is 0 Å². The Morgan fingerprint density at radius 1 is 1.38 bits per heavy atom. The third-order valence-corrected chi connectivity index (χ3v) is 2.67. The molecule has 0 spiro atoms. The molecule has 1 heterocycles. The van der Waals surface area contributed by atoms with E-state index in [0.29, 0.717) is 10.8 Å². The summed E-state index contributed by atoms with van der Waals surface area (Å²) in [4.78, 5) is 22.9. The molecule has 1 N–H and O–H groups in total. The lowest BCUT2D eigenvalue weighted by Crippen LogP contribution is -2.19. The number of hydrogen-bond donors (Lipinski definition) is 1. The van der Waals surface area contributed by atoms with E-state index in [2.05, 4.69) is 21.2 Å². The van der Waals surface area contributed by atoms with Crippen molar-refractivity contribution in [2.75, 3.05) is 7.05 Å². The second-order valence-electron chi connectivity index (χ2n) is 3.21. The quantitative estimate of drug-likeness (QED) is 0.869. The summed E-state index contributed by atoms with van der Waals surface area (Å²) in [6, 6.07) is 6.76. The van der Waals surface area contributed by atoms with Crippen LogP contribution in [0.1, 0.15) is 10.6 Å². The average Bonchev–Trinajstić information content (AvgIpc) is 2.28. The van der Waals surface area contributed by atoms with Crippen molar-refractivity contribution in [3.05, 3.63) is 44.9 Å². The minimum Gasteiger partial charge on any atom is -0.417 e. The number of carbonyl (C=O) groups excluding carboxylic acids is 1. The van der Waals surface area contributed by atoms with Gasteiger partial charge < -0.3 is 9.73 Å². The fraction of sp³-hybridized carbons (Fsp3) is 0.0909. The Hall–Kier alpha value is -1.62. The maximum atomic E-state index is 11.6. The van der Waals surface area contributed by atoms with Gasteiger partial charge >= 0.3 is 5.63 Å². The highest BCUT2D eigenvalue weighted by Crippen LogP contribution is 2.17. The Balaban J connectivity index is 2.73. The highest BCUT2D eigenvalue weighted by Gasteiger charge is 2.10. The van der Waals surface area contributed by atoms with E-state index in [4.69, 9.17) is 4.42 Å². The fourth-order valence-electron chi connectivity index (χ4n) is 1.39. The molecule has 0 bridgehead atoms. The molecule has 0 saturated carbocycles. The topological polar surface area (TPSA) is 59.3 Å². The molecule has 0 unspecified atom stereocenters. The molecule has 0 aliphatic heterocycles. The molecule has 4 nitrogen and oxygen atoms in total. The molecule has 0 atom stereocenters. The van der Waals surface area contributed by atoms with Crippen molar-refractivity contribution in [2.45, 2.75) is 0 Å². The zero-order valence-corrected chi connectivity index (χ0v) is 10.00. The summed E-state index contributed by atoms with van der Waals surface area (Å²) >= 11 is 3.27. The van der Waals surface area contributed by atoms with Crippen LogP contribution < -0.4 is 10.9 Å². The maximum absolute atomic E-state index is 11.6. The maximum Gasteiger partial charge on any atom is 0.344 e. The molecule has 0 saturated heterocycles. The third-order valence-electron chi connectivity index (χ3n) is 2.18. The minimum atomic E-state index is -0.516. The number of halogens is 1. The van der Waals surface area contributed by atoms with Crippen molar-refractivity contribution >= 4 is 32.6 Å². The van der Waals surface area contributed by atoms with E-state index in [1.807, 2.05) is 0 Å². The highest BCUT2D eigenvalue weighted by atomic mass is 79.9. The van der Waals surface area contributed by atoms with Crippen LogP contribution in [-0.4, -0.2) is 13.0 Å². The van der Waals surface area contributed by atoms with Crippen molar-refractivity contribution < 1.29 is 9.21 Å². The van der Waals surface area contributed by atoms with Gasteiger partial charge in [0.25, 0.3) is 5.91 Å². The van der Waals surface area contributed by atoms with E-state index in [1.165, 1.54) is 7.05 Å². The van der Waals surface area contributed by atoms with Gasteiger partial charge in [-0.1, -0.05) is 22.0 Å². The molecular weight excluding hydrogens is 274 g/mol. The number of rotatable bonds is 1. The zero-order valence-electron chi connectivity index (χ0n) is 8.41. The van der Waals surface area contributed by atoms with E-state index in [1.54, 1.807) is 24.3 Å². The van der Waals surface area contributed by atoms with Gasteiger partial charge in [0.15, 0.2) is 5.76 Å². The monoisotopic (exact) mass is 281 g/mol. The number of hydrogen-bond acceptors (Lipinski definition) is 3. The molecule has 2 rings (SSSR count). The number of fused-ring (bicyclic) bond motifs is 1. The van der Waals surface area contributed by atoms with Crippen molar-refractivity contribution in [1.29, 1.82) is 0 Å². The molecule has 1 amide bonds. The first-order valence-electron chi connectivity index (χ1n) is 4.57. The summed E-state index contributed by atoms with van der Waals surface area (Å²) in [5, 5.41) is 3.53. The van der Waals surface area contributed by atoms with Crippen LogP contribution in [0.2, 0.25) is 0 Å². The van der Waals surface area contributed by atoms with E-state index < -0.39 is 11.5 Å².